The summed E-state index contributed by atoms with van der Waals surface area (Å²) in [5.41, 5.74) is 1.38. The molecule has 4 nitrogen and oxygen atoms in total. The molecule has 1 atom stereocenters. The Kier molecular flexibility index (Phi) is 5.37. The normalized spacial score (nSPS) is 16.6. The van der Waals surface area contributed by atoms with Crippen molar-refractivity contribution in [1.82, 2.24) is 0 Å². The summed E-state index contributed by atoms with van der Waals surface area (Å²) in [5, 5.41) is 11.7. The van der Waals surface area contributed by atoms with Crippen LogP contribution >= 0.6 is 0 Å². The van der Waals surface area contributed by atoms with Gasteiger partial charge in [-0.1, -0.05) is 44.7 Å². The molecule has 1 unspecified atom stereocenters. The molecule has 1 aliphatic carbocycles. The molecule has 114 valence electrons. The highest BCUT2D eigenvalue weighted by atomic mass is 16.4. The Hall–Kier alpha value is -1.84. The van der Waals surface area contributed by atoms with Crippen LogP contribution in [-0.2, 0) is 16.0 Å². The Bertz CT molecular complexity index is 507. The number of nitrogens with one attached hydrogen (secondary N) is 1. The second-order valence-electron chi connectivity index (χ2n) is 6.05. The third kappa shape index (κ3) is 4.88. The molecule has 1 fully saturated rings. The van der Waals surface area contributed by atoms with Crippen LogP contribution in [0.2, 0.25) is 0 Å². The third-order valence-electron chi connectivity index (χ3n) is 4.16. The number of anilines is 1. The van der Waals surface area contributed by atoms with Gasteiger partial charge in [-0.15, -0.1) is 0 Å². The van der Waals surface area contributed by atoms with E-state index in [1.807, 2.05) is 6.92 Å². The fourth-order valence-electron chi connectivity index (χ4n) is 3.05. The smallest absolute Gasteiger partial charge is 0.307 e. The van der Waals surface area contributed by atoms with Crippen LogP contribution in [0, 0.1) is 11.8 Å². The van der Waals surface area contributed by atoms with Crippen LogP contribution in [-0.4, -0.2) is 17.0 Å². The predicted molar refractivity (Wildman–Crippen MR) is 82.2 cm³/mol. The van der Waals surface area contributed by atoms with Crippen molar-refractivity contribution in [3.05, 3.63) is 29.8 Å². The van der Waals surface area contributed by atoms with E-state index in [9.17, 15) is 9.59 Å². The molecule has 1 saturated carbocycles. The first-order chi connectivity index (χ1) is 10.0. The van der Waals surface area contributed by atoms with E-state index in [0.717, 1.165) is 6.42 Å². The fourth-order valence-corrected chi connectivity index (χ4v) is 3.05. The van der Waals surface area contributed by atoms with Crippen LogP contribution in [0.5, 0.6) is 0 Å². The summed E-state index contributed by atoms with van der Waals surface area (Å²) < 4.78 is 0. The highest BCUT2D eigenvalue weighted by molar-refractivity contribution is 5.92. The van der Waals surface area contributed by atoms with Gasteiger partial charge in [-0.25, -0.2) is 0 Å². The quantitative estimate of drug-likeness (QED) is 0.842. The topological polar surface area (TPSA) is 66.4 Å². The highest BCUT2D eigenvalue weighted by Crippen LogP contribution is 2.30. The first-order valence-electron chi connectivity index (χ1n) is 7.66. The van der Waals surface area contributed by atoms with Crippen molar-refractivity contribution in [2.75, 3.05) is 5.32 Å². The number of hydrogen-bond acceptors (Lipinski definition) is 2. The Morgan fingerprint density at radius 3 is 2.71 bits per heavy atom. The minimum absolute atomic E-state index is 0.00349. The molecule has 4 heteroatoms. The number of carbonyl (C=O) groups is 2. The van der Waals surface area contributed by atoms with E-state index < -0.39 is 5.97 Å². The maximum atomic E-state index is 12.2. The van der Waals surface area contributed by atoms with Crippen molar-refractivity contribution in [3.63, 3.8) is 0 Å². The van der Waals surface area contributed by atoms with Crippen molar-refractivity contribution in [1.29, 1.82) is 0 Å². The van der Waals surface area contributed by atoms with E-state index in [1.165, 1.54) is 25.7 Å². The van der Waals surface area contributed by atoms with Gasteiger partial charge in [0.1, 0.15) is 0 Å². The Morgan fingerprint density at radius 1 is 1.33 bits per heavy atom. The number of carboxylic acid groups (broad SMARTS) is 1. The van der Waals surface area contributed by atoms with Gasteiger partial charge in [-0.05, 0) is 30.0 Å². The second-order valence-corrected chi connectivity index (χ2v) is 6.05. The number of benzene rings is 1. The SMILES string of the molecule is CC(CC1CCCC1)C(=O)Nc1cccc(CC(=O)O)c1. The fraction of sp³-hybridized carbons (Fsp3) is 0.529. The molecule has 1 aromatic carbocycles. The number of carboxylic acids is 1. The van der Waals surface area contributed by atoms with Gasteiger partial charge in [0.25, 0.3) is 0 Å². The number of amides is 1. The summed E-state index contributed by atoms with van der Waals surface area (Å²) in [7, 11) is 0. The van der Waals surface area contributed by atoms with Gasteiger partial charge < -0.3 is 10.4 Å². The summed E-state index contributed by atoms with van der Waals surface area (Å²) >= 11 is 0. The van der Waals surface area contributed by atoms with Gasteiger partial charge in [0.05, 0.1) is 6.42 Å². The lowest BCUT2D eigenvalue weighted by atomic mass is 9.94. The zero-order valence-electron chi connectivity index (χ0n) is 12.5. The van der Waals surface area contributed by atoms with Gasteiger partial charge in [-0.3, -0.25) is 9.59 Å². The van der Waals surface area contributed by atoms with Crippen LogP contribution in [0.1, 0.15) is 44.6 Å². The van der Waals surface area contributed by atoms with Crippen molar-refractivity contribution in [3.8, 4) is 0 Å². The summed E-state index contributed by atoms with van der Waals surface area (Å²) in [6.45, 7) is 1.97. The lowest BCUT2D eigenvalue weighted by Gasteiger charge is -2.16. The number of rotatable bonds is 6. The molecular formula is C17H23NO3. The third-order valence-corrected chi connectivity index (χ3v) is 4.16. The minimum Gasteiger partial charge on any atom is -0.481 e. The zero-order valence-corrected chi connectivity index (χ0v) is 12.5. The molecule has 21 heavy (non-hydrogen) atoms. The van der Waals surface area contributed by atoms with E-state index in [4.69, 9.17) is 5.11 Å². The van der Waals surface area contributed by atoms with Crippen LogP contribution in [0.15, 0.2) is 24.3 Å². The molecule has 0 bridgehead atoms. The molecule has 1 aromatic rings. The summed E-state index contributed by atoms with van der Waals surface area (Å²) in [4.78, 5) is 22.9. The average molecular weight is 289 g/mol. The first-order valence-corrected chi connectivity index (χ1v) is 7.66. The molecule has 1 aliphatic rings. The minimum atomic E-state index is -0.868. The average Bonchev–Trinajstić information content (AvgIpc) is 2.91. The molecule has 0 spiro atoms. The van der Waals surface area contributed by atoms with E-state index in [2.05, 4.69) is 5.32 Å². The summed E-state index contributed by atoms with van der Waals surface area (Å²) in [5.74, 6) is -0.164. The number of hydrogen-bond donors (Lipinski definition) is 2. The molecule has 0 radical (unpaired) electrons. The monoisotopic (exact) mass is 289 g/mol. The van der Waals surface area contributed by atoms with E-state index in [1.54, 1.807) is 24.3 Å². The van der Waals surface area contributed by atoms with Crippen molar-refractivity contribution in [2.24, 2.45) is 11.8 Å². The maximum Gasteiger partial charge on any atom is 0.307 e. The molecule has 0 heterocycles. The van der Waals surface area contributed by atoms with E-state index in [0.29, 0.717) is 17.2 Å². The van der Waals surface area contributed by atoms with Gasteiger partial charge in [0, 0.05) is 11.6 Å². The van der Waals surface area contributed by atoms with Crippen LogP contribution in [0.4, 0.5) is 5.69 Å². The highest BCUT2D eigenvalue weighted by Gasteiger charge is 2.21. The Labute approximate surface area is 125 Å². The Morgan fingerprint density at radius 2 is 2.05 bits per heavy atom. The van der Waals surface area contributed by atoms with Crippen molar-refractivity contribution < 1.29 is 14.7 Å². The Balaban J connectivity index is 1.90. The van der Waals surface area contributed by atoms with E-state index >= 15 is 0 Å². The van der Waals surface area contributed by atoms with Gasteiger partial charge in [0.2, 0.25) is 5.91 Å². The lowest BCUT2D eigenvalue weighted by molar-refractivity contribution is -0.136. The molecule has 0 aliphatic heterocycles. The van der Waals surface area contributed by atoms with Crippen LogP contribution in [0.3, 0.4) is 0 Å². The molecule has 2 N–H and O–H groups in total. The molecule has 1 amide bonds. The molecule has 2 rings (SSSR count). The molecule has 0 aromatic heterocycles. The standard InChI is InChI=1S/C17H23NO3/c1-12(9-13-5-2-3-6-13)17(21)18-15-8-4-7-14(10-15)11-16(19)20/h4,7-8,10,12-13H,2-3,5-6,9,11H2,1H3,(H,18,21)(H,19,20). The largest absolute Gasteiger partial charge is 0.481 e. The lowest BCUT2D eigenvalue weighted by Crippen LogP contribution is -2.22. The predicted octanol–water partition coefficient (Wildman–Crippen LogP) is 3.47. The maximum absolute atomic E-state index is 12.2. The first kappa shape index (κ1) is 15.5. The van der Waals surface area contributed by atoms with Crippen LogP contribution < -0.4 is 5.32 Å². The molecule has 0 saturated heterocycles. The van der Waals surface area contributed by atoms with Crippen LogP contribution in [0.25, 0.3) is 0 Å². The molecular weight excluding hydrogens is 266 g/mol. The van der Waals surface area contributed by atoms with E-state index in [-0.39, 0.29) is 18.2 Å². The van der Waals surface area contributed by atoms with Crippen molar-refractivity contribution >= 4 is 17.6 Å². The van der Waals surface area contributed by atoms with Crippen molar-refractivity contribution in [2.45, 2.75) is 45.4 Å². The van der Waals surface area contributed by atoms with Gasteiger partial charge in [0.15, 0.2) is 0 Å². The summed E-state index contributed by atoms with van der Waals surface area (Å²) in [6.07, 6.45) is 5.98. The second kappa shape index (κ2) is 7.25. The number of carbonyl (C=O) groups excluding carboxylic acids is 1. The zero-order chi connectivity index (χ0) is 15.2. The number of aliphatic carboxylic acids is 1. The summed E-state index contributed by atoms with van der Waals surface area (Å²) in [6, 6.07) is 7.06. The van der Waals surface area contributed by atoms with Gasteiger partial charge in [-0.2, -0.15) is 0 Å². The van der Waals surface area contributed by atoms with Gasteiger partial charge >= 0.3 is 5.97 Å².